The van der Waals surface area contributed by atoms with E-state index in [1.807, 2.05) is 18.2 Å². The topological polar surface area (TPSA) is 64.4 Å². The number of hydrogen-bond acceptors (Lipinski definition) is 4. The van der Waals surface area contributed by atoms with Gasteiger partial charge in [-0.2, -0.15) is 22.6 Å². The quantitative estimate of drug-likeness (QED) is 0.137. The average Bonchev–Trinajstić information content (AvgIpc) is 3.44. The summed E-state index contributed by atoms with van der Waals surface area (Å²) in [7, 11) is -5.45. The highest BCUT2D eigenvalue weighted by atomic mass is 32.2. The number of ether oxygens (including phenoxy) is 1. The number of para-hydroxylation sites is 1. The van der Waals surface area contributed by atoms with Gasteiger partial charge in [-0.3, -0.25) is 4.68 Å². The first kappa shape index (κ1) is 28.6. The van der Waals surface area contributed by atoms with Gasteiger partial charge in [-0.1, -0.05) is 18.2 Å². The van der Waals surface area contributed by atoms with Crippen LogP contribution in [0.1, 0.15) is 24.4 Å². The van der Waals surface area contributed by atoms with E-state index in [1.165, 1.54) is 4.68 Å². The van der Waals surface area contributed by atoms with E-state index in [9.17, 15) is 39.2 Å². The van der Waals surface area contributed by atoms with Gasteiger partial charge >= 0.3 is 6.18 Å². The lowest BCUT2D eigenvalue weighted by molar-refractivity contribution is -0.143. The minimum atomic E-state index is -5.82. The molecule has 0 radical (unpaired) electrons. The maximum absolute atomic E-state index is 14.5. The molecule has 2 heterocycles. The highest BCUT2D eigenvalue weighted by Gasteiger charge is 2.47. The number of piperidine rings is 1. The molecule has 0 aliphatic carbocycles. The molecule has 0 bridgehead atoms. The molecule has 1 atom stereocenters. The van der Waals surface area contributed by atoms with Gasteiger partial charge in [-0.25, -0.2) is 26.0 Å². The average molecular weight is 600 g/mol. The molecule has 0 saturated carbocycles. The predicted molar refractivity (Wildman–Crippen MR) is 132 cm³/mol. The number of hydrogen-bond donors (Lipinski definition) is 0. The Morgan fingerprint density at radius 3 is 2.12 bits per heavy atom. The van der Waals surface area contributed by atoms with Crippen molar-refractivity contribution in [1.82, 2.24) is 14.1 Å². The van der Waals surface area contributed by atoms with Gasteiger partial charge in [0.25, 0.3) is 0 Å². The third-order valence-electron chi connectivity index (χ3n) is 6.58. The van der Waals surface area contributed by atoms with Gasteiger partial charge in [0.2, 0.25) is 10.0 Å². The van der Waals surface area contributed by atoms with Crippen molar-refractivity contribution in [2.75, 3.05) is 13.1 Å². The highest BCUT2D eigenvalue weighted by Crippen LogP contribution is 2.41. The summed E-state index contributed by atoms with van der Waals surface area (Å²) >= 11 is 0. The van der Waals surface area contributed by atoms with Crippen molar-refractivity contribution in [3.63, 3.8) is 0 Å². The smallest absolute Gasteiger partial charge is 0.420 e. The van der Waals surface area contributed by atoms with Crippen molar-refractivity contribution in [2.45, 2.75) is 30.0 Å². The van der Waals surface area contributed by atoms with Crippen LogP contribution in [0.4, 0.5) is 30.7 Å². The Hall–Kier alpha value is -3.91. The minimum Gasteiger partial charge on any atom is -0.457 e. The fourth-order valence-electron chi connectivity index (χ4n) is 4.60. The van der Waals surface area contributed by atoms with Gasteiger partial charge in [0, 0.05) is 24.8 Å². The molecule has 0 N–H and O–H groups in total. The van der Waals surface area contributed by atoms with Crippen LogP contribution in [0.25, 0.3) is 11.3 Å². The van der Waals surface area contributed by atoms with E-state index < -0.39 is 62.5 Å². The van der Waals surface area contributed by atoms with Gasteiger partial charge in [0.05, 0.1) is 11.7 Å². The van der Waals surface area contributed by atoms with E-state index >= 15 is 0 Å². The summed E-state index contributed by atoms with van der Waals surface area (Å²) in [5, 5.41) is 4.45. The summed E-state index contributed by atoms with van der Waals surface area (Å²) in [5.41, 5.74) is -1.53. The first-order valence-electron chi connectivity index (χ1n) is 12.2. The van der Waals surface area contributed by atoms with Crippen LogP contribution in [0.15, 0.2) is 71.8 Å². The number of sulfonamides is 1. The van der Waals surface area contributed by atoms with E-state index in [0.717, 1.165) is 0 Å². The Kier molecular flexibility index (Phi) is 7.55. The summed E-state index contributed by atoms with van der Waals surface area (Å²) in [4.78, 5) is -2.29. The molecular formula is C27H20F7N3O3S. The van der Waals surface area contributed by atoms with Crippen LogP contribution in [0, 0.1) is 23.3 Å². The molecular weight excluding hydrogens is 579 g/mol. The van der Waals surface area contributed by atoms with Crippen LogP contribution in [0.3, 0.4) is 0 Å². The van der Waals surface area contributed by atoms with Crippen molar-refractivity contribution in [2.24, 2.45) is 0 Å². The van der Waals surface area contributed by atoms with Gasteiger partial charge in [-0.05, 0) is 55.3 Å². The Morgan fingerprint density at radius 1 is 0.829 bits per heavy atom. The lowest BCUT2D eigenvalue weighted by atomic mass is 10.1. The van der Waals surface area contributed by atoms with Crippen LogP contribution in [-0.4, -0.2) is 35.6 Å². The lowest BCUT2D eigenvalue weighted by Crippen LogP contribution is -2.42. The Morgan fingerprint density at radius 2 is 1.46 bits per heavy atom. The number of halogens is 7. The van der Waals surface area contributed by atoms with Crippen LogP contribution in [0.2, 0.25) is 0 Å². The number of rotatable bonds is 6. The molecule has 1 saturated heterocycles. The second-order valence-corrected chi connectivity index (χ2v) is 11.1. The lowest BCUT2D eigenvalue weighted by Gasteiger charge is -2.32. The first-order valence-corrected chi connectivity index (χ1v) is 13.6. The number of alkyl halides is 3. The standard InChI is InChI=1S/C27H20F7N3O3S/c28-22-21(27(32,33)34)26(25(31)24(30)23(22)29)41(38,39)36-13-4-5-17(15-36)37-14-12-20(35-37)16-8-10-19(11-9-16)40-18-6-2-1-3-7-18/h1-3,6-12,14,17H,4-5,13,15H2. The molecule has 3 aromatic carbocycles. The fraction of sp³-hybridized carbons (Fsp3) is 0.222. The van der Waals surface area contributed by atoms with E-state index in [4.69, 9.17) is 4.74 Å². The summed E-state index contributed by atoms with van der Waals surface area (Å²) in [6, 6.07) is 17.0. The van der Waals surface area contributed by atoms with E-state index in [1.54, 1.807) is 48.7 Å². The van der Waals surface area contributed by atoms with E-state index in [2.05, 4.69) is 5.10 Å². The molecule has 4 aromatic rings. The molecule has 0 spiro atoms. The highest BCUT2D eigenvalue weighted by molar-refractivity contribution is 7.89. The van der Waals surface area contributed by atoms with Crippen molar-refractivity contribution in [1.29, 1.82) is 0 Å². The molecule has 6 nitrogen and oxygen atoms in total. The third-order valence-corrected chi connectivity index (χ3v) is 8.49. The molecule has 41 heavy (non-hydrogen) atoms. The van der Waals surface area contributed by atoms with Crippen LogP contribution in [0.5, 0.6) is 11.5 Å². The van der Waals surface area contributed by atoms with Crippen molar-refractivity contribution in [3.05, 3.63) is 95.7 Å². The molecule has 1 aromatic heterocycles. The third kappa shape index (κ3) is 5.53. The van der Waals surface area contributed by atoms with Gasteiger partial charge < -0.3 is 4.74 Å². The Bertz CT molecular complexity index is 1680. The number of benzene rings is 3. The molecule has 14 heteroatoms. The summed E-state index contributed by atoms with van der Waals surface area (Å²) in [6.45, 7) is -0.822. The first-order chi connectivity index (χ1) is 19.4. The number of aromatic nitrogens is 2. The predicted octanol–water partition coefficient (Wildman–Crippen LogP) is 6.94. The molecule has 1 aliphatic rings. The summed E-state index contributed by atoms with van der Waals surface area (Å²) in [6.07, 6.45) is -3.80. The molecule has 1 unspecified atom stereocenters. The normalized spacial score (nSPS) is 16.6. The molecule has 1 fully saturated rings. The van der Waals surface area contributed by atoms with Gasteiger partial charge in [-0.15, -0.1) is 0 Å². The fourth-order valence-corrected chi connectivity index (χ4v) is 6.38. The summed E-state index contributed by atoms with van der Waals surface area (Å²) in [5.74, 6) is -9.66. The van der Waals surface area contributed by atoms with Gasteiger partial charge in [0.1, 0.15) is 22.0 Å². The SMILES string of the molecule is O=S(=O)(c1c(F)c(F)c(F)c(F)c1C(F)(F)F)N1CCCC(n2ccc(-c3ccc(Oc4ccccc4)cc3)n2)C1. The second kappa shape index (κ2) is 10.8. The van der Waals surface area contributed by atoms with Crippen molar-refractivity contribution in [3.8, 4) is 22.8 Å². The molecule has 1 aliphatic heterocycles. The van der Waals surface area contributed by atoms with Crippen LogP contribution in [-0.2, 0) is 16.2 Å². The van der Waals surface area contributed by atoms with E-state index in [0.29, 0.717) is 33.5 Å². The maximum atomic E-state index is 14.5. The minimum absolute atomic E-state index is 0.125. The largest absolute Gasteiger partial charge is 0.457 e. The monoisotopic (exact) mass is 599 g/mol. The number of nitrogens with zero attached hydrogens (tertiary/aromatic N) is 3. The molecule has 5 rings (SSSR count). The van der Waals surface area contributed by atoms with Crippen molar-refractivity contribution < 1.29 is 43.9 Å². The van der Waals surface area contributed by atoms with Crippen LogP contribution < -0.4 is 4.74 Å². The second-order valence-electron chi connectivity index (χ2n) is 9.24. The molecule has 216 valence electrons. The van der Waals surface area contributed by atoms with Crippen molar-refractivity contribution >= 4 is 10.0 Å². The maximum Gasteiger partial charge on any atom is 0.420 e. The Labute approximate surface area is 229 Å². The summed E-state index contributed by atoms with van der Waals surface area (Å²) < 4.78 is 131. The Balaban J connectivity index is 1.39. The zero-order chi connectivity index (χ0) is 29.5. The van der Waals surface area contributed by atoms with Gasteiger partial charge in [0.15, 0.2) is 23.3 Å². The molecule has 0 amide bonds. The van der Waals surface area contributed by atoms with Crippen LogP contribution >= 0.6 is 0 Å². The zero-order valence-corrected chi connectivity index (χ0v) is 21.7. The zero-order valence-electron chi connectivity index (χ0n) is 20.9. The van der Waals surface area contributed by atoms with E-state index in [-0.39, 0.29) is 13.0 Å².